The number of rotatable bonds is 3. The Bertz CT molecular complexity index is 713. The molecule has 0 saturated carbocycles. The molecule has 1 aliphatic heterocycles. The van der Waals surface area contributed by atoms with E-state index in [2.05, 4.69) is 0 Å². The lowest BCUT2D eigenvalue weighted by atomic mass is 10.1. The molecule has 0 aliphatic carbocycles. The van der Waals surface area contributed by atoms with Crippen molar-refractivity contribution in [1.82, 2.24) is 4.31 Å². The van der Waals surface area contributed by atoms with Gasteiger partial charge in [-0.25, -0.2) is 17.1 Å². The molecule has 0 spiro atoms. The average molecular weight is 316 g/mol. The van der Waals surface area contributed by atoms with Crippen molar-refractivity contribution in [3.05, 3.63) is 35.1 Å². The molecule has 1 heterocycles. The number of hydrogen-bond donors (Lipinski definition) is 1. The zero-order chi connectivity index (χ0) is 15.3. The molecule has 0 atom stereocenters. The molecule has 1 amide bonds. The summed E-state index contributed by atoms with van der Waals surface area (Å²) in [5.41, 5.74) is 5.92. The lowest BCUT2D eigenvalue weighted by Gasteiger charge is -2.43. The molecule has 5 nitrogen and oxygen atoms in total. The first-order valence-electron chi connectivity index (χ1n) is 5.74. The number of amides is 1. The minimum Gasteiger partial charge on any atom is -0.389 e. The zero-order valence-corrected chi connectivity index (χ0v) is 12.5. The van der Waals surface area contributed by atoms with Gasteiger partial charge in [0, 0.05) is 11.1 Å². The number of sulfonamides is 1. The van der Waals surface area contributed by atoms with Crippen LogP contribution in [0.5, 0.6) is 0 Å². The molecule has 1 fully saturated rings. The second kappa shape index (κ2) is 4.49. The van der Waals surface area contributed by atoms with E-state index in [1.165, 1.54) is 26.0 Å². The molecule has 108 valence electrons. The summed E-state index contributed by atoms with van der Waals surface area (Å²) in [6.45, 7) is 2.29. The molecular formula is C12H13FN2O3S2. The summed E-state index contributed by atoms with van der Waals surface area (Å²) in [5.74, 6) is -1.17. The fourth-order valence-electron chi connectivity index (χ4n) is 1.92. The number of nitrogens with zero attached hydrogens (tertiary/aromatic N) is 1. The highest BCUT2D eigenvalue weighted by Crippen LogP contribution is 2.36. The van der Waals surface area contributed by atoms with Gasteiger partial charge in [0.25, 0.3) is 15.9 Å². The molecule has 1 aliphatic rings. The molecule has 8 heteroatoms. The lowest BCUT2D eigenvalue weighted by molar-refractivity contribution is -0.132. The highest BCUT2D eigenvalue weighted by atomic mass is 32.2. The summed E-state index contributed by atoms with van der Waals surface area (Å²) in [7, 11) is -3.74. The van der Waals surface area contributed by atoms with Gasteiger partial charge in [-0.05, 0) is 32.0 Å². The van der Waals surface area contributed by atoms with E-state index in [1.54, 1.807) is 0 Å². The van der Waals surface area contributed by atoms with E-state index in [0.717, 1.165) is 6.07 Å². The molecule has 20 heavy (non-hydrogen) atoms. The van der Waals surface area contributed by atoms with Gasteiger partial charge in [-0.15, -0.1) is 0 Å². The predicted octanol–water partition coefficient (Wildman–Crippen LogP) is 0.911. The van der Waals surface area contributed by atoms with E-state index in [4.69, 9.17) is 18.0 Å². The van der Waals surface area contributed by atoms with Crippen LogP contribution in [0.2, 0.25) is 0 Å². The zero-order valence-electron chi connectivity index (χ0n) is 10.9. The number of halogens is 1. The van der Waals surface area contributed by atoms with Crippen LogP contribution in [0, 0.1) is 5.82 Å². The van der Waals surface area contributed by atoms with Crippen LogP contribution in [0.1, 0.15) is 25.0 Å². The molecule has 0 bridgehead atoms. The Morgan fingerprint density at radius 1 is 1.45 bits per heavy atom. The monoisotopic (exact) mass is 316 g/mol. The summed E-state index contributed by atoms with van der Waals surface area (Å²) < 4.78 is 36.8. The minimum absolute atomic E-state index is 0.0581. The third-order valence-electron chi connectivity index (χ3n) is 3.32. The first-order valence-corrected chi connectivity index (χ1v) is 7.59. The summed E-state index contributed by atoms with van der Waals surface area (Å²) in [6.07, 6.45) is 0. The van der Waals surface area contributed by atoms with Crippen LogP contribution in [-0.4, -0.2) is 28.4 Å². The minimum atomic E-state index is -3.74. The van der Waals surface area contributed by atoms with Crippen LogP contribution in [-0.2, 0) is 21.4 Å². The van der Waals surface area contributed by atoms with Crippen LogP contribution < -0.4 is 5.73 Å². The van der Waals surface area contributed by atoms with E-state index in [-0.39, 0.29) is 17.1 Å². The van der Waals surface area contributed by atoms with E-state index >= 15 is 0 Å². The van der Waals surface area contributed by atoms with Crippen molar-refractivity contribution in [3.63, 3.8) is 0 Å². The van der Waals surface area contributed by atoms with Crippen LogP contribution >= 0.6 is 12.2 Å². The Morgan fingerprint density at radius 2 is 2.05 bits per heavy atom. The summed E-state index contributed by atoms with van der Waals surface area (Å²) in [4.78, 5) is 11.9. The summed E-state index contributed by atoms with van der Waals surface area (Å²) in [5, 5.41) is 0. The van der Waals surface area contributed by atoms with E-state index in [9.17, 15) is 17.6 Å². The topological polar surface area (TPSA) is 80.5 Å². The third kappa shape index (κ3) is 1.99. The maximum Gasteiger partial charge on any atom is 0.259 e. The highest BCUT2D eigenvalue weighted by molar-refractivity contribution is 7.94. The van der Waals surface area contributed by atoms with E-state index in [1.807, 2.05) is 0 Å². The fraction of sp³-hybridized carbons (Fsp3) is 0.333. The van der Waals surface area contributed by atoms with Gasteiger partial charge in [0.2, 0.25) is 0 Å². The number of nitrogens with two attached hydrogens (primary N) is 1. The van der Waals surface area contributed by atoms with Crippen molar-refractivity contribution >= 4 is 33.1 Å². The van der Waals surface area contributed by atoms with Crippen molar-refractivity contribution in [1.29, 1.82) is 0 Å². The Morgan fingerprint density at radius 3 is 2.55 bits per heavy atom. The first kappa shape index (κ1) is 14.9. The summed E-state index contributed by atoms with van der Waals surface area (Å²) in [6, 6.07) is 3.90. The van der Waals surface area contributed by atoms with Crippen molar-refractivity contribution in [2.24, 2.45) is 5.73 Å². The summed E-state index contributed by atoms with van der Waals surface area (Å²) >= 11 is 4.78. The maximum absolute atomic E-state index is 13.7. The Hall–Kier alpha value is -1.54. The SMILES string of the molecule is CC1(C)C(=O)N(Cc2cc(C(N)=S)ccc2F)S1(=O)=O. The standard InChI is InChI=1S/C12H13FN2O3S2/c1-12(2)11(16)15(20(12,17)18)6-8-5-7(10(14)19)3-4-9(8)13/h3-5H,6H2,1-2H3,(H2,14,19). The third-order valence-corrected chi connectivity index (χ3v) is 5.90. The van der Waals surface area contributed by atoms with Crippen molar-refractivity contribution in [2.75, 3.05) is 0 Å². The van der Waals surface area contributed by atoms with E-state index in [0.29, 0.717) is 9.87 Å². The molecule has 2 N–H and O–H groups in total. The number of thiocarbonyl (C=S) groups is 1. The van der Waals surface area contributed by atoms with Crippen LogP contribution in [0.15, 0.2) is 18.2 Å². The Kier molecular flexibility index (Phi) is 3.34. The van der Waals surface area contributed by atoms with Crippen molar-refractivity contribution in [3.8, 4) is 0 Å². The van der Waals surface area contributed by atoms with Crippen molar-refractivity contribution in [2.45, 2.75) is 25.1 Å². The van der Waals surface area contributed by atoms with Gasteiger partial charge in [0.15, 0.2) is 4.75 Å². The largest absolute Gasteiger partial charge is 0.389 e. The molecule has 1 aromatic carbocycles. The average Bonchev–Trinajstić information content (AvgIpc) is 2.36. The van der Waals surface area contributed by atoms with Crippen LogP contribution in [0.4, 0.5) is 4.39 Å². The second-order valence-corrected chi connectivity index (χ2v) is 7.85. The molecule has 0 unspecified atom stereocenters. The normalized spacial score (nSPS) is 19.6. The number of hydrogen-bond acceptors (Lipinski definition) is 4. The predicted molar refractivity (Wildman–Crippen MR) is 75.8 cm³/mol. The second-order valence-electron chi connectivity index (χ2n) is 5.00. The van der Waals surface area contributed by atoms with Gasteiger partial charge >= 0.3 is 0 Å². The van der Waals surface area contributed by atoms with E-state index < -0.39 is 26.5 Å². The number of benzene rings is 1. The number of carbonyl (C=O) groups is 1. The molecule has 0 radical (unpaired) electrons. The van der Waals surface area contributed by atoms with Gasteiger partial charge in [-0.1, -0.05) is 12.2 Å². The van der Waals surface area contributed by atoms with Gasteiger partial charge in [0.05, 0.1) is 6.54 Å². The lowest BCUT2D eigenvalue weighted by Crippen LogP contribution is -2.66. The van der Waals surface area contributed by atoms with Crippen LogP contribution in [0.25, 0.3) is 0 Å². The molecular weight excluding hydrogens is 303 g/mol. The van der Waals surface area contributed by atoms with Gasteiger partial charge < -0.3 is 5.73 Å². The Balaban J connectivity index is 2.35. The molecule has 1 aromatic rings. The molecule has 2 rings (SSSR count). The Labute approximate surface area is 121 Å². The highest BCUT2D eigenvalue weighted by Gasteiger charge is 2.60. The maximum atomic E-state index is 13.7. The molecule has 1 saturated heterocycles. The van der Waals surface area contributed by atoms with Crippen LogP contribution in [0.3, 0.4) is 0 Å². The van der Waals surface area contributed by atoms with Gasteiger partial charge in [-0.3, -0.25) is 4.79 Å². The van der Waals surface area contributed by atoms with Crippen molar-refractivity contribution < 1.29 is 17.6 Å². The smallest absolute Gasteiger partial charge is 0.259 e. The van der Waals surface area contributed by atoms with Gasteiger partial charge in [-0.2, -0.15) is 0 Å². The quantitative estimate of drug-likeness (QED) is 0.839. The van der Waals surface area contributed by atoms with Gasteiger partial charge in [0.1, 0.15) is 10.8 Å². The first-order chi connectivity index (χ1) is 9.09. The molecule has 0 aromatic heterocycles. The fourth-order valence-corrected chi connectivity index (χ4v) is 3.55. The number of carbonyl (C=O) groups excluding carboxylic acids is 1.